The second-order valence-corrected chi connectivity index (χ2v) is 4.89. The Balaban J connectivity index is 2.08. The fourth-order valence-corrected chi connectivity index (χ4v) is 1.91. The predicted octanol–water partition coefficient (Wildman–Crippen LogP) is 4.07. The third-order valence-electron chi connectivity index (χ3n) is 2.60. The fraction of sp³-hybridized carbons (Fsp3) is 0.0714. The third kappa shape index (κ3) is 3.40. The Morgan fingerprint density at radius 1 is 1.20 bits per heavy atom. The SMILES string of the molecule is Nc1ccc(C(=O)OCc2cc(Cl)ccc2F)cc1Cl. The fourth-order valence-electron chi connectivity index (χ4n) is 1.53. The molecule has 0 fully saturated rings. The zero-order valence-corrected chi connectivity index (χ0v) is 11.7. The number of benzene rings is 2. The van der Waals surface area contributed by atoms with Gasteiger partial charge in [-0.3, -0.25) is 0 Å². The highest BCUT2D eigenvalue weighted by Gasteiger charge is 2.11. The van der Waals surface area contributed by atoms with Crippen LogP contribution in [0.2, 0.25) is 10.0 Å². The van der Waals surface area contributed by atoms with Crippen LogP contribution in [0.3, 0.4) is 0 Å². The maximum absolute atomic E-state index is 13.5. The van der Waals surface area contributed by atoms with Crippen molar-refractivity contribution < 1.29 is 13.9 Å². The first-order valence-electron chi connectivity index (χ1n) is 5.63. The summed E-state index contributed by atoms with van der Waals surface area (Å²) >= 11 is 11.6. The van der Waals surface area contributed by atoms with Crippen LogP contribution in [0.4, 0.5) is 10.1 Å². The quantitative estimate of drug-likeness (QED) is 0.686. The number of nitrogens with two attached hydrogens (primary N) is 1. The molecule has 2 N–H and O–H groups in total. The van der Waals surface area contributed by atoms with E-state index in [0.717, 1.165) is 0 Å². The van der Waals surface area contributed by atoms with Crippen LogP contribution in [-0.4, -0.2) is 5.97 Å². The van der Waals surface area contributed by atoms with Gasteiger partial charge in [-0.25, -0.2) is 9.18 Å². The summed E-state index contributed by atoms with van der Waals surface area (Å²) in [6.45, 7) is -0.215. The lowest BCUT2D eigenvalue weighted by atomic mass is 10.2. The molecule has 0 amide bonds. The normalized spacial score (nSPS) is 10.3. The Bertz CT molecular complexity index is 662. The molecule has 2 rings (SSSR count). The zero-order chi connectivity index (χ0) is 14.7. The summed E-state index contributed by atoms with van der Waals surface area (Å²) < 4.78 is 18.5. The monoisotopic (exact) mass is 313 g/mol. The van der Waals surface area contributed by atoms with Crippen molar-refractivity contribution >= 4 is 34.9 Å². The van der Waals surface area contributed by atoms with Crippen LogP contribution in [0.5, 0.6) is 0 Å². The van der Waals surface area contributed by atoms with Gasteiger partial charge >= 0.3 is 5.97 Å². The van der Waals surface area contributed by atoms with E-state index in [0.29, 0.717) is 10.7 Å². The lowest BCUT2D eigenvalue weighted by Gasteiger charge is -2.07. The molecule has 0 aromatic heterocycles. The first kappa shape index (κ1) is 14.6. The summed E-state index contributed by atoms with van der Waals surface area (Å²) in [6, 6.07) is 8.41. The number of halogens is 3. The van der Waals surface area contributed by atoms with E-state index in [4.69, 9.17) is 33.7 Å². The van der Waals surface area contributed by atoms with Gasteiger partial charge in [-0.1, -0.05) is 23.2 Å². The van der Waals surface area contributed by atoms with Crippen LogP contribution < -0.4 is 5.73 Å². The average Bonchev–Trinajstić information content (AvgIpc) is 2.42. The van der Waals surface area contributed by atoms with Crippen LogP contribution in [-0.2, 0) is 11.3 Å². The van der Waals surface area contributed by atoms with Crippen molar-refractivity contribution in [2.45, 2.75) is 6.61 Å². The molecule has 0 atom stereocenters. The van der Waals surface area contributed by atoms with Gasteiger partial charge in [-0.15, -0.1) is 0 Å². The molecule has 0 aliphatic heterocycles. The van der Waals surface area contributed by atoms with E-state index >= 15 is 0 Å². The number of hydrogen-bond donors (Lipinski definition) is 1. The maximum atomic E-state index is 13.5. The topological polar surface area (TPSA) is 52.3 Å². The highest BCUT2D eigenvalue weighted by atomic mass is 35.5. The second kappa shape index (κ2) is 6.11. The van der Waals surface area contributed by atoms with E-state index in [-0.39, 0.29) is 22.8 Å². The molecule has 2 aromatic rings. The summed E-state index contributed by atoms with van der Waals surface area (Å²) in [5, 5.41) is 0.626. The van der Waals surface area contributed by atoms with Gasteiger partial charge in [0.2, 0.25) is 0 Å². The molecule has 104 valence electrons. The summed E-state index contributed by atoms with van der Waals surface area (Å²) in [7, 11) is 0. The summed E-state index contributed by atoms with van der Waals surface area (Å²) in [4.78, 5) is 11.8. The summed E-state index contributed by atoms with van der Waals surface area (Å²) in [5.41, 5.74) is 6.35. The first-order chi connectivity index (χ1) is 9.47. The van der Waals surface area contributed by atoms with Crippen molar-refractivity contribution in [1.29, 1.82) is 0 Å². The Labute approximate surface area is 125 Å². The van der Waals surface area contributed by atoms with Gasteiger partial charge in [-0.05, 0) is 36.4 Å². The van der Waals surface area contributed by atoms with Gasteiger partial charge in [0.25, 0.3) is 0 Å². The van der Waals surface area contributed by atoms with Crippen molar-refractivity contribution in [3.8, 4) is 0 Å². The van der Waals surface area contributed by atoms with Crippen LogP contribution >= 0.6 is 23.2 Å². The Morgan fingerprint density at radius 2 is 1.95 bits per heavy atom. The number of rotatable bonds is 3. The highest BCUT2D eigenvalue weighted by molar-refractivity contribution is 6.33. The maximum Gasteiger partial charge on any atom is 0.338 e. The Morgan fingerprint density at radius 3 is 2.65 bits per heavy atom. The van der Waals surface area contributed by atoms with Crippen molar-refractivity contribution in [3.63, 3.8) is 0 Å². The second-order valence-electron chi connectivity index (χ2n) is 4.05. The standard InChI is InChI=1S/C14H10Cl2FNO2/c15-10-2-3-12(17)9(5-10)7-20-14(19)8-1-4-13(18)11(16)6-8/h1-6H,7,18H2. The molecule has 0 unspecified atom stereocenters. The minimum absolute atomic E-state index is 0.201. The molecule has 0 spiro atoms. The lowest BCUT2D eigenvalue weighted by Crippen LogP contribution is -2.06. The van der Waals surface area contributed by atoms with Crippen LogP contribution in [0.15, 0.2) is 36.4 Å². The molecule has 0 saturated heterocycles. The van der Waals surface area contributed by atoms with E-state index in [1.54, 1.807) is 0 Å². The largest absolute Gasteiger partial charge is 0.457 e. The molecular formula is C14H10Cl2FNO2. The number of anilines is 1. The lowest BCUT2D eigenvalue weighted by molar-refractivity contribution is 0.0469. The molecule has 0 saturated carbocycles. The third-order valence-corrected chi connectivity index (χ3v) is 3.17. The number of carbonyl (C=O) groups excluding carboxylic acids is 1. The number of nitrogen functional groups attached to an aromatic ring is 1. The van der Waals surface area contributed by atoms with Crippen LogP contribution in [0, 0.1) is 5.82 Å². The molecule has 0 heterocycles. The van der Waals surface area contributed by atoms with E-state index < -0.39 is 11.8 Å². The van der Waals surface area contributed by atoms with Crippen LogP contribution in [0.1, 0.15) is 15.9 Å². The van der Waals surface area contributed by atoms with E-state index in [1.807, 2.05) is 0 Å². The first-order valence-corrected chi connectivity index (χ1v) is 6.39. The minimum atomic E-state index is -0.619. The summed E-state index contributed by atoms with van der Waals surface area (Å²) in [6.07, 6.45) is 0. The zero-order valence-electron chi connectivity index (χ0n) is 10.2. The number of ether oxygens (including phenoxy) is 1. The molecule has 20 heavy (non-hydrogen) atoms. The number of hydrogen-bond acceptors (Lipinski definition) is 3. The van der Waals surface area contributed by atoms with Gasteiger partial charge < -0.3 is 10.5 Å². The molecular weight excluding hydrogens is 304 g/mol. The molecule has 0 radical (unpaired) electrons. The van der Waals surface area contributed by atoms with Crippen LogP contribution in [0.25, 0.3) is 0 Å². The van der Waals surface area contributed by atoms with E-state index in [1.165, 1.54) is 36.4 Å². The Kier molecular flexibility index (Phi) is 4.47. The Hall–Kier alpha value is -1.78. The van der Waals surface area contributed by atoms with Gasteiger partial charge in [-0.2, -0.15) is 0 Å². The smallest absolute Gasteiger partial charge is 0.338 e. The van der Waals surface area contributed by atoms with Gasteiger partial charge in [0, 0.05) is 10.6 Å². The molecule has 3 nitrogen and oxygen atoms in total. The van der Waals surface area contributed by atoms with E-state index in [9.17, 15) is 9.18 Å². The van der Waals surface area contributed by atoms with Crippen molar-refractivity contribution in [3.05, 3.63) is 63.4 Å². The molecule has 6 heteroatoms. The molecule has 0 aliphatic carbocycles. The molecule has 0 aliphatic rings. The number of carbonyl (C=O) groups is 1. The van der Waals surface area contributed by atoms with Gasteiger partial charge in [0.05, 0.1) is 16.3 Å². The van der Waals surface area contributed by atoms with E-state index in [2.05, 4.69) is 0 Å². The van der Waals surface area contributed by atoms with Crippen molar-refractivity contribution in [2.24, 2.45) is 0 Å². The van der Waals surface area contributed by atoms with Gasteiger partial charge in [0.15, 0.2) is 0 Å². The van der Waals surface area contributed by atoms with Crippen molar-refractivity contribution in [2.75, 3.05) is 5.73 Å². The van der Waals surface area contributed by atoms with Crippen molar-refractivity contribution in [1.82, 2.24) is 0 Å². The number of esters is 1. The minimum Gasteiger partial charge on any atom is -0.457 e. The summed E-state index contributed by atoms with van der Waals surface area (Å²) in [5.74, 6) is -1.11. The highest BCUT2D eigenvalue weighted by Crippen LogP contribution is 2.21. The molecule has 2 aromatic carbocycles. The average molecular weight is 314 g/mol. The van der Waals surface area contributed by atoms with Gasteiger partial charge in [0.1, 0.15) is 12.4 Å². The molecule has 0 bridgehead atoms. The predicted molar refractivity (Wildman–Crippen MR) is 76.4 cm³/mol.